The van der Waals surface area contributed by atoms with Crippen LogP contribution in [0.1, 0.15) is 35.9 Å². The molecule has 2 aromatic heterocycles. The van der Waals surface area contributed by atoms with Crippen LogP contribution in [0.5, 0.6) is 0 Å². The van der Waals surface area contributed by atoms with Crippen molar-refractivity contribution in [3.63, 3.8) is 0 Å². The number of amides is 1. The first kappa shape index (κ1) is 12.1. The maximum atomic E-state index is 12.5. The molecule has 5 nitrogen and oxygen atoms in total. The molecule has 0 spiro atoms. The molecule has 0 aliphatic carbocycles. The van der Waals surface area contributed by atoms with Crippen LogP contribution in [0, 0.1) is 12.8 Å². The predicted octanol–water partition coefficient (Wildman–Crippen LogP) is 1.91. The Labute approximate surface area is 112 Å². The molecule has 0 atom stereocenters. The molecule has 2 aromatic rings. The Morgan fingerprint density at radius 1 is 1.37 bits per heavy atom. The number of nitrogens with zero attached hydrogens (tertiary/aromatic N) is 4. The van der Waals surface area contributed by atoms with Gasteiger partial charge in [-0.15, -0.1) is 0 Å². The molecular weight excluding hydrogens is 240 g/mol. The second kappa shape index (κ2) is 4.64. The quantitative estimate of drug-likeness (QED) is 0.785. The number of hydrogen-bond acceptors (Lipinski definition) is 3. The molecule has 0 N–H and O–H groups in total. The number of piperidine rings is 1. The third-order valence-electron chi connectivity index (χ3n) is 3.83. The van der Waals surface area contributed by atoms with Crippen LogP contribution in [0.3, 0.4) is 0 Å². The minimum absolute atomic E-state index is 0.0405. The molecule has 1 aliphatic heterocycles. The van der Waals surface area contributed by atoms with E-state index in [1.54, 1.807) is 10.7 Å². The van der Waals surface area contributed by atoms with Crippen LogP contribution in [0.4, 0.5) is 0 Å². The Hall–Kier alpha value is -1.91. The lowest BCUT2D eigenvalue weighted by Gasteiger charge is -2.30. The van der Waals surface area contributed by atoms with Crippen LogP contribution < -0.4 is 0 Å². The summed E-state index contributed by atoms with van der Waals surface area (Å²) in [5, 5.41) is 4.17. The van der Waals surface area contributed by atoms with E-state index in [1.165, 1.54) is 0 Å². The minimum Gasteiger partial charge on any atom is -0.337 e. The average Bonchev–Trinajstić information content (AvgIpc) is 2.87. The summed E-state index contributed by atoms with van der Waals surface area (Å²) in [6.07, 6.45) is 3.87. The maximum absolute atomic E-state index is 12.5. The summed E-state index contributed by atoms with van der Waals surface area (Å²) in [6.45, 7) is 5.86. The van der Waals surface area contributed by atoms with Gasteiger partial charge >= 0.3 is 0 Å². The van der Waals surface area contributed by atoms with Gasteiger partial charge in [-0.2, -0.15) is 5.10 Å². The highest BCUT2D eigenvalue weighted by molar-refractivity contribution is 5.93. The topological polar surface area (TPSA) is 50.5 Å². The second-order valence-electron chi connectivity index (χ2n) is 5.36. The normalized spacial score (nSPS) is 17.1. The zero-order chi connectivity index (χ0) is 13.4. The van der Waals surface area contributed by atoms with Crippen LogP contribution in [0.25, 0.3) is 5.65 Å². The molecule has 0 aromatic carbocycles. The van der Waals surface area contributed by atoms with E-state index in [2.05, 4.69) is 17.0 Å². The first-order chi connectivity index (χ1) is 9.15. The Kier molecular flexibility index (Phi) is 2.97. The lowest BCUT2D eigenvalue weighted by molar-refractivity contribution is 0.0691. The molecule has 100 valence electrons. The lowest BCUT2D eigenvalue weighted by atomic mass is 9.99. The molecule has 1 aliphatic rings. The maximum Gasteiger partial charge on any atom is 0.272 e. The highest BCUT2D eigenvalue weighted by Crippen LogP contribution is 2.18. The van der Waals surface area contributed by atoms with E-state index in [0.717, 1.165) is 43.2 Å². The van der Waals surface area contributed by atoms with Gasteiger partial charge in [-0.25, -0.2) is 9.50 Å². The van der Waals surface area contributed by atoms with Gasteiger partial charge in [0, 0.05) is 24.8 Å². The molecule has 1 amide bonds. The molecule has 0 radical (unpaired) electrons. The number of fused-ring (bicyclic) bond motifs is 1. The van der Waals surface area contributed by atoms with Gasteiger partial charge in [0.1, 0.15) is 5.69 Å². The van der Waals surface area contributed by atoms with Gasteiger partial charge in [0.25, 0.3) is 5.91 Å². The summed E-state index contributed by atoms with van der Waals surface area (Å²) < 4.78 is 1.75. The third kappa shape index (κ3) is 2.20. The van der Waals surface area contributed by atoms with Crippen molar-refractivity contribution in [2.45, 2.75) is 26.7 Å². The van der Waals surface area contributed by atoms with E-state index in [9.17, 15) is 4.79 Å². The fourth-order valence-corrected chi connectivity index (χ4v) is 2.55. The summed E-state index contributed by atoms with van der Waals surface area (Å²) >= 11 is 0. The fourth-order valence-electron chi connectivity index (χ4n) is 2.55. The van der Waals surface area contributed by atoms with Crippen LogP contribution in [-0.2, 0) is 0 Å². The summed E-state index contributed by atoms with van der Waals surface area (Å²) in [4.78, 5) is 18.8. The lowest BCUT2D eigenvalue weighted by Crippen LogP contribution is -2.38. The van der Waals surface area contributed by atoms with Crippen molar-refractivity contribution in [2.75, 3.05) is 13.1 Å². The monoisotopic (exact) mass is 258 g/mol. The third-order valence-corrected chi connectivity index (χ3v) is 3.83. The van der Waals surface area contributed by atoms with Crippen LogP contribution in [-0.4, -0.2) is 38.5 Å². The molecule has 0 bridgehead atoms. The molecule has 5 heteroatoms. The van der Waals surface area contributed by atoms with Gasteiger partial charge in [-0.3, -0.25) is 4.79 Å². The molecule has 19 heavy (non-hydrogen) atoms. The van der Waals surface area contributed by atoms with Crippen LogP contribution >= 0.6 is 0 Å². The molecular formula is C14H18N4O. The summed E-state index contributed by atoms with van der Waals surface area (Å²) in [7, 11) is 0. The van der Waals surface area contributed by atoms with E-state index in [0.29, 0.717) is 5.69 Å². The Balaban J connectivity index is 1.89. The van der Waals surface area contributed by atoms with Crippen molar-refractivity contribution in [3.8, 4) is 0 Å². The van der Waals surface area contributed by atoms with E-state index in [-0.39, 0.29) is 5.91 Å². The van der Waals surface area contributed by atoms with Gasteiger partial charge in [-0.1, -0.05) is 6.92 Å². The SMILES string of the molecule is Cc1cc(C(=O)N2CCC(C)CC2)nc2ccnn12. The van der Waals surface area contributed by atoms with Crippen LogP contribution in [0.2, 0.25) is 0 Å². The van der Waals surface area contributed by atoms with Crippen molar-refractivity contribution in [2.24, 2.45) is 5.92 Å². The first-order valence-electron chi connectivity index (χ1n) is 6.76. The molecule has 3 heterocycles. The van der Waals surface area contributed by atoms with E-state index in [4.69, 9.17) is 0 Å². The zero-order valence-electron chi connectivity index (χ0n) is 11.3. The van der Waals surface area contributed by atoms with E-state index >= 15 is 0 Å². The van der Waals surface area contributed by atoms with Crippen LogP contribution in [0.15, 0.2) is 18.3 Å². The number of carbonyl (C=O) groups excluding carboxylic acids is 1. The van der Waals surface area contributed by atoms with Gasteiger partial charge in [0.15, 0.2) is 5.65 Å². The molecule has 3 rings (SSSR count). The Morgan fingerprint density at radius 2 is 2.11 bits per heavy atom. The van der Waals surface area contributed by atoms with Gasteiger partial charge in [0.05, 0.1) is 6.20 Å². The van der Waals surface area contributed by atoms with E-state index < -0.39 is 0 Å². The standard InChI is InChI=1S/C14H18N4O/c1-10-4-7-17(8-5-10)14(19)12-9-11(2)18-13(16-12)3-6-15-18/h3,6,9-10H,4-5,7-8H2,1-2H3. The highest BCUT2D eigenvalue weighted by atomic mass is 16.2. The summed E-state index contributed by atoms with van der Waals surface area (Å²) in [5.74, 6) is 0.759. The zero-order valence-corrected chi connectivity index (χ0v) is 11.3. The highest BCUT2D eigenvalue weighted by Gasteiger charge is 2.22. The van der Waals surface area contributed by atoms with Gasteiger partial charge < -0.3 is 4.90 Å². The van der Waals surface area contributed by atoms with Crippen molar-refractivity contribution >= 4 is 11.6 Å². The number of hydrogen-bond donors (Lipinski definition) is 0. The molecule has 0 saturated carbocycles. The molecule has 0 unspecified atom stereocenters. The van der Waals surface area contributed by atoms with Crippen molar-refractivity contribution in [1.29, 1.82) is 0 Å². The molecule has 1 fully saturated rings. The summed E-state index contributed by atoms with van der Waals surface area (Å²) in [5.41, 5.74) is 2.19. The van der Waals surface area contributed by atoms with Gasteiger partial charge in [0.2, 0.25) is 0 Å². The second-order valence-corrected chi connectivity index (χ2v) is 5.36. The largest absolute Gasteiger partial charge is 0.337 e. The summed E-state index contributed by atoms with van der Waals surface area (Å²) in [6, 6.07) is 3.64. The number of likely N-dealkylation sites (tertiary alicyclic amines) is 1. The smallest absolute Gasteiger partial charge is 0.272 e. The number of rotatable bonds is 1. The number of aryl methyl sites for hydroxylation is 1. The van der Waals surface area contributed by atoms with E-state index in [1.807, 2.05) is 24.0 Å². The van der Waals surface area contributed by atoms with Crippen molar-refractivity contribution < 1.29 is 4.79 Å². The first-order valence-corrected chi connectivity index (χ1v) is 6.76. The van der Waals surface area contributed by atoms with Crippen molar-refractivity contribution in [3.05, 3.63) is 29.7 Å². The number of aromatic nitrogens is 3. The number of carbonyl (C=O) groups is 1. The average molecular weight is 258 g/mol. The Morgan fingerprint density at radius 3 is 2.84 bits per heavy atom. The predicted molar refractivity (Wildman–Crippen MR) is 72.0 cm³/mol. The fraction of sp³-hybridized carbons (Fsp3) is 0.500. The van der Waals surface area contributed by atoms with Crippen molar-refractivity contribution in [1.82, 2.24) is 19.5 Å². The minimum atomic E-state index is 0.0405. The molecule has 1 saturated heterocycles. The van der Waals surface area contributed by atoms with Gasteiger partial charge in [-0.05, 0) is 31.7 Å². The Bertz CT molecular complexity index is 611.